The van der Waals surface area contributed by atoms with Gasteiger partial charge in [-0.1, -0.05) is 19.3 Å². The molecule has 2 aliphatic rings. The van der Waals surface area contributed by atoms with E-state index in [1.165, 1.54) is 38.5 Å². The SMILES string of the molecule is NCC1C[C@@H]2CCCCC[C@H]2N1. The van der Waals surface area contributed by atoms with Gasteiger partial charge in [-0.05, 0) is 25.2 Å². The zero-order valence-electron chi connectivity index (χ0n) is 7.76. The number of hydrogen-bond acceptors (Lipinski definition) is 2. The van der Waals surface area contributed by atoms with Gasteiger partial charge in [0.2, 0.25) is 0 Å². The molecular formula is C10H20N2. The molecule has 0 radical (unpaired) electrons. The molecule has 2 heteroatoms. The molecule has 2 fully saturated rings. The number of nitrogens with two attached hydrogens (primary N) is 1. The van der Waals surface area contributed by atoms with Gasteiger partial charge in [0.05, 0.1) is 0 Å². The van der Waals surface area contributed by atoms with Gasteiger partial charge in [0.25, 0.3) is 0 Å². The van der Waals surface area contributed by atoms with Gasteiger partial charge in [-0.15, -0.1) is 0 Å². The van der Waals surface area contributed by atoms with Crippen LogP contribution in [0, 0.1) is 5.92 Å². The Balaban J connectivity index is 1.92. The summed E-state index contributed by atoms with van der Waals surface area (Å²) in [5.74, 6) is 0.945. The second-order valence-electron chi connectivity index (χ2n) is 4.34. The molecule has 1 aliphatic heterocycles. The molecule has 1 aliphatic carbocycles. The van der Waals surface area contributed by atoms with Gasteiger partial charge in [0, 0.05) is 18.6 Å². The fourth-order valence-corrected chi connectivity index (χ4v) is 2.79. The van der Waals surface area contributed by atoms with Crippen molar-refractivity contribution >= 4 is 0 Å². The lowest BCUT2D eigenvalue weighted by Gasteiger charge is -2.14. The second-order valence-corrected chi connectivity index (χ2v) is 4.34. The number of nitrogens with one attached hydrogen (secondary N) is 1. The van der Waals surface area contributed by atoms with Crippen LogP contribution in [0.4, 0.5) is 0 Å². The Morgan fingerprint density at radius 1 is 1.17 bits per heavy atom. The average molecular weight is 168 g/mol. The Kier molecular flexibility index (Phi) is 2.66. The molecule has 0 aromatic rings. The Bertz CT molecular complexity index is 133. The van der Waals surface area contributed by atoms with Crippen molar-refractivity contribution in [1.82, 2.24) is 5.32 Å². The van der Waals surface area contributed by atoms with E-state index in [0.717, 1.165) is 18.5 Å². The predicted octanol–water partition coefficient (Wildman–Crippen LogP) is 1.26. The Labute approximate surface area is 74.9 Å². The van der Waals surface area contributed by atoms with E-state index in [9.17, 15) is 0 Å². The average Bonchev–Trinajstić information content (AvgIpc) is 2.37. The smallest absolute Gasteiger partial charge is 0.0196 e. The molecule has 1 unspecified atom stereocenters. The summed E-state index contributed by atoms with van der Waals surface area (Å²) in [4.78, 5) is 0. The number of fused-ring (bicyclic) bond motifs is 1. The lowest BCUT2D eigenvalue weighted by atomic mass is 9.94. The fraction of sp³-hybridized carbons (Fsp3) is 1.00. The molecule has 0 spiro atoms. The van der Waals surface area contributed by atoms with Crippen molar-refractivity contribution in [2.24, 2.45) is 11.7 Å². The lowest BCUT2D eigenvalue weighted by molar-refractivity contribution is 0.424. The first-order valence-corrected chi connectivity index (χ1v) is 5.36. The number of hydrogen-bond donors (Lipinski definition) is 2. The first-order valence-electron chi connectivity index (χ1n) is 5.36. The number of rotatable bonds is 1. The highest BCUT2D eigenvalue weighted by molar-refractivity contribution is 4.91. The summed E-state index contributed by atoms with van der Waals surface area (Å²) >= 11 is 0. The topological polar surface area (TPSA) is 38.0 Å². The molecule has 1 heterocycles. The summed E-state index contributed by atoms with van der Waals surface area (Å²) in [7, 11) is 0. The molecule has 2 nitrogen and oxygen atoms in total. The minimum absolute atomic E-state index is 0.623. The quantitative estimate of drug-likeness (QED) is 0.618. The third kappa shape index (κ3) is 1.64. The highest BCUT2D eigenvalue weighted by Gasteiger charge is 2.32. The van der Waals surface area contributed by atoms with E-state index < -0.39 is 0 Å². The Morgan fingerprint density at radius 2 is 2.00 bits per heavy atom. The third-order valence-electron chi connectivity index (χ3n) is 3.48. The second kappa shape index (κ2) is 3.75. The van der Waals surface area contributed by atoms with Crippen LogP contribution in [0.5, 0.6) is 0 Å². The largest absolute Gasteiger partial charge is 0.329 e. The van der Waals surface area contributed by atoms with Crippen molar-refractivity contribution in [3.63, 3.8) is 0 Å². The summed E-state index contributed by atoms with van der Waals surface area (Å²) in [6.07, 6.45) is 8.48. The Hall–Kier alpha value is -0.0800. The molecule has 0 aromatic carbocycles. The molecular weight excluding hydrogens is 148 g/mol. The maximum Gasteiger partial charge on any atom is 0.0196 e. The highest BCUT2D eigenvalue weighted by Crippen LogP contribution is 2.31. The van der Waals surface area contributed by atoms with Crippen LogP contribution in [0.25, 0.3) is 0 Å². The van der Waals surface area contributed by atoms with Gasteiger partial charge in [-0.2, -0.15) is 0 Å². The summed E-state index contributed by atoms with van der Waals surface area (Å²) < 4.78 is 0. The molecule has 70 valence electrons. The molecule has 0 amide bonds. The van der Waals surface area contributed by atoms with E-state index in [1.807, 2.05) is 0 Å². The maximum atomic E-state index is 5.66. The van der Waals surface area contributed by atoms with Crippen molar-refractivity contribution < 1.29 is 0 Å². The summed E-state index contributed by atoms with van der Waals surface area (Å²) in [6, 6.07) is 1.43. The van der Waals surface area contributed by atoms with Crippen LogP contribution in [0.15, 0.2) is 0 Å². The van der Waals surface area contributed by atoms with Crippen molar-refractivity contribution in [2.45, 2.75) is 50.6 Å². The van der Waals surface area contributed by atoms with Gasteiger partial charge in [0.15, 0.2) is 0 Å². The molecule has 0 aromatic heterocycles. The lowest BCUT2D eigenvalue weighted by Crippen LogP contribution is -2.35. The van der Waals surface area contributed by atoms with E-state index in [4.69, 9.17) is 5.73 Å². The van der Waals surface area contributed by atoms with Crippen LogP contribution in [0.1, 0.15) is 38.5 Å². The van der Waals surface area contributed by atoms with Crippen molar-refractivity contribution in [3.8, 4) is 0 Å². The van der Waals surface area contributed by atoms with Crippen LogP contribution >= 0.6 is 0 Å². The molecule has 2 rings (SSSR count). The molecule has 3 N–H and O–H groups in total. The molecule has 0 bridgehead atoms. The fourth-order valence-electron chi connectivity index (χ4n) is 2.79. The van der Waals surface area contributed by atoms with Crippen LogP contribution in [-0.2, 0) is 0 Å². The normalized spacial score (nSPS) is 42.2. The molecule has 12 heavy (non-hydrogen) atoms. The van der Waals surface area contributed by atoms with E-state index in [1.54, 1.807) is 0 Å². The van der Waals surface area contributed by atoms with E-state index in [2.05, 4.69) is 5.32 Å². The zero-order chi connectivity index (χ0) is 8.39. The highest BCUT2D eigenvalue weighted by atomic mass is 15.0. The molecule has 1 saturated carbocycles. The van der Waals surface area contributed by atoms with E-state index >= 15 is 0 Å². The summed E-state index contributed by atoms with van der Waals surface area (Å²) in [6.45, 7) is 0.826. The minimum Gasteiger partial charge on any atom is -0.329 e. The van der Waals surface area contributed by atoms with Crippen LogP contribution < -0.4 is 11.1 Å². The van der Waals surface area contributed by atoms with Gasteiger partial charge in [-0.3, -0.25) is 0 Å². The summed E-state index contributed by atoms with van der Waals surface area (Å²) in [5, 5.41) is 3.66. The third-order valence-corrected chi connectivity index (χ3v) is 3.48. The minimum atomic E-state index is 0.623. The van der Waals surface area contributed by atoms with E-state index in [-0.39, 0.29) is 0 Å². The van der Waals surface area contributed by atoms with Crippen LogP contribution in [0.2, 0.25) is 0 Å². The predicted molar refractivity (Wildman–Crippen MR) is 51.0 cm³/mol. The molecule has 1 saturated heterocycles. The van der Waals surface area contributed by atoms with E-state index in [0.29, 0.717) is 6.04 Å². The van der Waals surface area contributed by atoms with Gasteiger partial charge in [0.1, 0.15) is 0 Å². The van der Waals surface area contributed by atoms with Gasteiger partial charge < -0.3 is 11.1 Å². The summed E-state index contributed by atoms with van der Waals surface area (Å²) in [5.41, 5.74) is 5.66. The van der Waals surface area contributed by atoms with Crippen LogP contribution in [0.3, 0.4) is 0 Å². The van der Waals surface area contributed by atoms with Gasteiger partial charge >= 0.3 is 0 Å². The molecule has 3 atom stereocenters. The Morgan fingerprint density at radius 3 is 2.83 bits per heavy atom. The standard InChI is InChI=1S/C10H20N2/c11-7-9-6-8-4-2-1-3-5-10(8)12-9/h8-10,12H,1-7,11H2/t8-,9?,10+/m0/s1. The van der Waals surface area contributed by atoms with Crippen molar-refractivity contribution in [3.05, 3.63) is 0 Å². The van der Waals surface area contributed by atoms with Crippen LogP contribution in [-0.4, -0.2) is 18.6 Å². The maximum absolute atomic E-state index is 5.66. The first kappa shape index (κ1) is 8.52. The zero-order valence-corrected chi connectivity index (χ0v) is 7.76. The van der Waals surface area contributed by atoms with Crippen molar-refractivity contribution in [2.75, 3.05) is 6.54 Å². The van der Waals surface area contributed by atoms with Crippen molar-refractivity contribution in [1.29, 1.82) is 0 Å². The monoisotopic (exact) mass is 168 g/mol. The first-order chi connectivity index (χ1) is 5.90. The van der Waals surface area contributed by atoms with Gasteiger partial charge in [-0.25, -0.2) is 0 Å².